The highest BCUT2D eigenvalue weighted by Gasteiger charge is 2.40. The van der Waals surface area contributed by atoms with Gasteiger partial charge in [0.25, 0.3) is 0 Å². The molecule has 1 aromatic rings. The first-order valence-corrected chi connectivity index (χ1v) is 7.19. The summed E-state index contributed by atoms with van der Waals surface area (Å²) < 4.78 is 0. The minimum atomic E-state index is 0.133. The number of hydrogen-bond donors (Lipinski definition) is 4. The van der Waals surface area contributed by atoms with Gasteiger partial charge in [-0.25, -0.2) is 5.43 Å². The summed E-state index contributed by atoms with van der Waals surface area (Å²) in [5.74, 6) is 0.747. The fourth-order valence-electron chi connectivity index (χ4n) is 3.35. The third kappa shape index (κ3) is 2.34. The van der Waals surface area contributed by atoms with Crippen LogP contribution in [0.3, 0.4) is 0 Å². The zero-order valence-corrected chi connectivity index (χ0v) is 11.7. The summed E-state index contributed by atoms with van der Waals surface area (Å²) in [6, 6.07) is 4.43. The van der Waals surface area contributed by atoms with Gasteiger partial charge in [-0.1, -0.05) is 11.6 Å². The molecule has 3 rings (SSSR count). The van der Waals surface area contributed by atoms with E-state index in [9.17, 15) is 5.11 Å². The molecule has 19 heavy (non-hydrogen) atoms. The smallest absolute Gasteiger partial charge is 0.121 e. The lowest BCUT2D eigenvalue weighted by Gasteiger charge is -2.31. The fraction of sp³-hybridized carbons (Fsp3) is 0.571. The number of nitrogens with one attached hydrogen (secondary N) is 2. The maximum atomic E-state index is 10.1. The van der Waals surface area contributed by atoms with Gasteiger partial charge in [0.1, 0.15) is 5.75 Å². The molecule has 0 aromatic heterocycles. The number of aryl methyl sites for hydroxylation is 1. The molecule has 1 heterocycles. The van der Waals surface area contributed by atoms with Crippen LogP contribution in [-0.2, 0) is 0 Å². The number of benzene rings is 1. The van der Waals surface area contributed by atoms with E-state index in [0.717, 1.165) is 30.4 Å². The van der Waals surface area contributed by atoms with Crippen LogP contribution in [-0.4, -0.2) is 17.2 Å². The van der Waals surface area contributed by atoms with Crippen molar-refractivity contribution >= 4 is 11.6 Å². The predicted molar refractivity (Wildman–Crippen MR) is 76.0 cm³/mol. The summed E-state index contributed by atoms with van der Waals surface area (Å²) in [6.45, 7) is 1.96. The van der Waals surface area contributed by atoms with Gasteiger partial charge in [0.05, 0.1) is 6.04 Å². The lowest BCUT2D eigenvalue weighted by atomic mass is 9.77. The molecular weight excluding hydrogens is 262 g/mol. The van der Waals surface area contributed by atoms with Gasteiger partial charge >= 0.3 is 0 Å². The molecular formula is C14H20ClN3O. The van der Waals surface area contributed by atoms with Crippen LogP contribution in [0, 0.1) is 12.8 Å². The Balaban J connectivity index is 1.89. The number of phenols is 1. The molecule has 5 heteroatoms. The second-order valence-corrected chi connectivity index (χ2v) is 6.18. The first-order valence-electron chi connectivity index (χ1n) is 6.82. The van der Waals surface area contributed by atoms with Gasteiger partial charge in [-0.3, -0.25) is 5.43 Å². The monoisotopic (exact) mass is 281 g/mol. The molecule has 5 N–H and O–H groups in total. The van der Waals surface area contributed by atoms with Gasteiger partial charge in [-0.2, -0.15) is 0 Å². The maximum Gasteiger partial charge on any atom is 0.121 e. The van der Waals surface area contributed by atoms with E-state index in [1.165, 1.54) is 0 Å². The lowest BCUT2D eigenvalue weighted by Crippen LogP contribution is -2.41. The lowest BCUT2D eigenvalue weighted by molar-refractivity contribution is 0.279. The van der Waals surface area contributed by atoms with Gasteiger partial charge in [-0.15, -0.1) is 0 Å². The average Bonchev–Trinajstić information content (AvgIpc) is 2.76. The molecule has 1 aromatic carbocycles. The molecule has 0 bridgehead atoms. The highest BCUT2D eigenvalue weighted by molar-refractivity contribution is 6.31. The summed E-state index contributed by atoms with van der Waals surface area (Å²) in [7, 11) is 0. The topological polar surface area (TPSA) is 70.3 Å². The van der Waals surface area contributed by atoms with Gasteiger partial charge in [0.2, 0.25) is 0 Å². The van der Waals surface area contributed by atoms with E-state index in [1.54, 1.807) is 6.07 Å². The van der Waals surface area contributed by atoms with Crippen molar-refractivity contribution in [3.63, 3.8) is 0 Å². The Morgan fingerprint density at radius 2 is 2.11 bits per heavy atom. The van der Waals surface area contributed by atoms with Crippen LogP contribution >= 0.6 is 11.6 Å². The fourth-order valence-corrected chi connectivity index (χ4v) is 3.50. The first-order chi connectivity index (χ1) is 9.06. The van der Waals surface area contributed by atoms with E-state index in [4.69, 9.17) is 17.3 Å². The predicted octanol–water partition coefficient (Wildman–Crippen LogP) is 2.00. The van der Waals surface area contributed by atoms with Crippen LogP contribution in [0.2, 0.25) is 5.02 Å². The number of phenolic OH excluding ortho intramolecular Hbond substituents is 1. The Bertz CT molecular complexity index is 494. The van der Waals surface area contributed by atoms with Crippen molar-refractivity contribution < 1.29 is 5.11 Å². The third-order valence-electron chi connectivity index (χ3n) is 4.44. The standard InChI is InChI=1S/C14H20ClN3O/c1-7-4-10(13(19)6-11(7)15)14-9-3-2-8(16)5-12(9)17-18-14/h4,6,8-9,12,14,17-19H,2-3,5,16H2,1H3. The highest BCUT2D eigenvalue weighted by atomic mass is 35.5. The van der Waals surface area contributed by atoms with Crippen molar-refractivity contribution in [3.8, 4) is 5.75 Å². The molecule has 4 unspecified atom stereocenters. The molecule has 4 nitrogen and oxygen atoms in total. The number of hydrogen-bond acceptors (Lipinski definition) is 4. The van der Waals surface area contributed by atoms with E-state index in [-0.39, 0.29) is 17.8 Å². The number of halogens is 1. The second kappa shape index (κ2) is 4.94. The number of aromatic hydroxyl groups is 1. The molecule has 104 valence electrons. The molecule has 1 aliphatic heterocycles. The minimum Gasteiger partial charge on any atom is -0.508 e. The molecule has 4 atom stereocenters. The quantitative estimate of drug-likeness (QED) is 0.635. The Morgan fingerprint density at radius 1 is 1.32 bits per heavy atom. The first kappa shape index (κ1) is 13.2. The molecule has 2 aliphatic rings. The molecule has 1 saturated carbocycles. The van der Waals surface area contributed by atoms with Crippen molar-refractivity contribution in [3.05, 3.63) is 28.3 Å². The van der Waals surface area contributed by atoms with E-state index < -0.39 is 0 Å². The summed E-state index contributed by atoms with van der Waals surface area (Å²) in [5, 5.41) is 10.7. The van der Waals surface area contributed by atoms with Crippen molar-refractivity contribution in [1.29, 1.82) is 0 Å². The number of rotatable bonds is 1. The zero-order chi connectivity index (χ0) is 13.6. The summed E-state index contributed by atoms with van der Waals surface area (Å²) in [5.41, 5.74) is 14.6. The van der Waals surface area contributed by atoms with Crippen molar-refractivity contribution in [2.24, 2.45) is 11.7 Å². The normalized spacial score (nSPS) is 34.3. The minimum absolute atomic E-state index is 0.133. The van der Waals surface area contributed by atoms with Crippen LogP contribution in [0.25, 0.3) is 0 Å². The third-order valence-corrected chi connectivity index (χ3v) is 4.85. The highest BCUT2D eigenvalue weighted by Crippen LogP contribution is 2.41. The van der Waals surface area contributed by atoms with Crippen LogP contribution in [0.1, 0.15) is 36.4 Å². The average molecular weight is 282 g/mol. The van der Waals surface area contributed by atoms with Crippen molar-refractivity contribution in [2.45, 2.75) is 44.3 Å². The van der Waals surface area contributed by atoms with E-state index in [0.29, 0.717) is 17.0 Å². The molecule has 1 saturated heterocycles. The molecule has 1 aliphatic carbocycles. The number of fused-ring (bicyclic) bond motifs is 1. The van der Waals surface area contributed by atoms with E-state index in [2.05, 4.69) is 10.9 Å². The largest absolute Gasteiger partial charge is 0.508 e. The zero-order valence-electron chi connectivity index (χ0n) is 11.0. The molecule has 0 radical (unpaired) electrons. The van der Waals surface area contributed by atoms with Crippen LogP contribution in [0.4, 0.5) is 0 Å². The summed E-state index contributed by atoms with van der Waals surface area (Å²) in [6.07, 6.45) is 3.12. The molecule has 0 amide bonds. The van der Waals surface area contributed by atoms with Crippen molar-refractivity contribution in [2.75, 3.05) is 0 Å². The number of nitrogens with two attached hydrogens (primary N) is 1. The van der Waals surface area contributed by atoms with E-state index >= 15 is 0 Å². The van der Waals surface area contributed by atoms with E-state index in [1.807, 2.05) is 13.0 Å². The number of hydrazine groups is 1. The Morgan fingerprint density at radius 3 is 2.89 bits per heavy atom. The Kier molecular flexibility index (Phi) is 3.43. The van der Waals surface area contributed by atoms with Gasteiger partial charge in [-0.05, 0) is 49.8 Å². The van der Waals surface area contributed by atoms with Gasteiger partial charge in [0, 0.05) is 22.7 Å². The summed E-state index contributed by atoms with van der Waals surface area (Å²) in [4.78, 5) is 0. The van der Waals surface area contributed by atoms with Crippen LogP contribution in [0.5, 0.6) is 5.75 Å². The van der Waals surface area contributed by atoms with Crippen LogP contribution in [0.15, 0.2) is 12.1 Å². The Labute approximate surface area is 118 Å². The maximum absolute atomic E-state index is 10.1. The Hall–Kier alpha value is -0.810. The second-order valence-electron chi connectivity index (χ2n) is 5.77. The molecule has 0 spiro atoms. The van der Waals surface area contributed by atoms with Gasteiger partial charge in [0.15, 0.2) is 0 Å². The van der Waals surface area contributed by atoms with Crippen molar-refractivity contribution in [1.82, 2.24) is 10.9 Å². The van der Waals surface area contributed by atoms with Crippen LogP contribution < -0.4 is 16.6 Å². The summed E-state index contributed by atoms with van der Waals surface area (Å²) >= 11 is 6.04. The van der Waals surface area contributed by atoms with Gasteiger partial charge < -0.3 is 10.8 Å². The molecule has 2 fully saturated rings. The SMILES string of the molecule is Cc1cc(C2NNC3CC(N)CCC32)c(O)cc1Cl.